The van der Waals surface area contributed by atoms with Gasteiger partial charge in [-0.1, -0.05) is 12.8 Å². The van der Waals surface area contributed by atoms with Gasteiger partial charge >= 0.3 is 0 Å². The molecule has 1 aliphatic carbocycles. The molecule has 1 saturated carbocycles. The molecule has 1 amide bonds. The zero-order valence-electron chi connectivity index (χ0n) is 10.3. The van der Waals surface area contributed by atoms with Gasteiger partial charge in [0.2, 0.25) is 5.91 Å². The number of carbonyl (C=O) groups is 1. The Hall–Kier alpha value is -0.620. The van der Waals surface area contributed by atoms with Crippen molar-refractivity contribution >= 4 is 15.7 Å². The molecule has 2 atom stereocenters. The van der Waals surface area contributed by atoms with Crippen molar-refractivity contribution in [3.8, 4) is 0 Å². The molecule has 0 aromatic heterocycles. The van der Waals surface area contributed by atoms with E-state index >= 15 is 0 Å². The van der Waals surface area contributed by atoms with E-state index in [4.69, 9.17) is 5.73 Å². The van der Waals surface area contributed by atoms with E-state index in [0.717, 1.165) is 31.9 Å². The fourth-order valence-corrected chi connectivity index (χ4v) is 2.79. The van der Waals surface area contributed by atoms with E-state index in [1.807, 2.05) is 0 Å². The first-order valence-corrected chi connectivity index (χ1v) is 8.15. The summed E-state index contributed by atoms with van der Waals surface area (Å²) < 4.78 is 21.9. The number of rotatable bonds is 5. The van der Waals surface area contributed by atoms with E-state index < -0.39 is 9.84 Å². The Kier molecular flexibility index (Phi) is 5.39. The zero-order chi connectivity index (χ0) is 12.9. The molecular weight excluding hydrogens is 240 g/mol. The largest absolute Gasteiger partial charge is 0.353 e. The van der Waals surface area contributed by atoms with E-state index in [2.05, 4.69) is 5.32 Å². The summed E-state index contributed by atoms with van der Waals surface area (Å²) in [5, 5.41) is 2.91. The molecule has 17 heavy (non-hydrogen) atoms. The number of nitrogens with two attached hydrogens (primary N) is 1. The number of hydrogen-bond acceptors (Lipinski definition) is 4. The summed E-state index contributed by atoms with van der Waals surface area (Å²) in [5.41, 5.74) is 5.67. The average Bonchev–Trinajstić information content (AvgIpc) is 2.26. The predicted molar refractivity (Wildman–Crippen MR) is 67.3 cm³/mol. The summed E-state index contributed by atoms with van der Waals surface area (Å²) in [5.74, 6) is 0.0745. The van der Waals surface area contributed by atoms with E-state index in [9.17, 15) is 13.2 Å². The Balaban J connectivity index is 2.38. The van der Waals surface area contributed by atoms with E-state index in [-0.39, 0.29) is 24.1 Å². The third-order valence-corrected chi connectivity index (χ3v) is 4.20. The smallest absolute Gasteiger partial charge is 0.221 e. The third kappa shape index (κ3) is 5.50. The van der Waals surface area contributed by atoms with Gasteiger partial charge in [0.1, 0.15) is 9.84 Å². The number of nitrogens with one attached hydrogen (secondary N) is 1. The summed E-state index contributed by atoms with van der Waals surface area (Å²) in [4.78, 5) is 11.6. The molecule has 0 saturated heterocycles. The summed E-state index contributed by atoms with van der Waals surface area (Å²) in [6, 6.07) is 0.126. The van der Waals surface area contributed by atoms with Crippen LogP contribution in [0.2, 0.25) is 0 Å². The second kappa shape index (κ2) is 6.35. The van der Waals surface area contributed by atoms with Gasteiger partial charge in [0, 0.05) is 18.7 Å². The highest BCUT2D eigenvalue weighted by Gasteiger charge is 2.25. The maximum atomic E-state index is 11.6. The summed E-state index contributed by atoms with van der Waals surface area (Å²) in [6.07, 6.45) is 5.46. The molecule has 5 nitrogen and oxygen atoms in total. The van der Waals surface area contributed by atoms with Crippen LogP contribution in [0.4, 0.5) is 0 Å². The fraction of sp³-hybridized carbons (Fsp3) is 0.909. The van der Waals surface area contributed by atoms with Crippen LogP contribution in [0.25, 0.3) is 0 Å². The molecule has 0 radical (unpaired) electrons. The van der Waals surface area contributed by atoms with Crippen LogP contribution in [-0.4, -0.2) is 38.9 Å². The van der Waals surface area contributed by atoms with Crippen LogP contribution in [0.15, 0.2) is 0 Å². The molecule has 0 spiro atoms. The number of amides is 1. The molecule has 1 aliphatic rings. The molecule has 0 aromatic rings. The topological polar surface area (TPSA) is 89.3 Å². The lowest BCUT2D eigenvalue weighted by Gasteiger charge is -2.31. The van der Waals surface area contributed by atoms with Gasteiger partial charge in [-0.05, 0) is 25.3 Å². The van der Waals surface area contributed by atoms with Crippen LogP contribution in [0.3, 0.4) is 0 Å². The summed E-state index contributed by atoms with van der Waals surface area (Å²) >= 11 is 0. The first-order chi connectivity index (χ1) is 7.92. The molecule has 0 bridgehead atoms. The Morgan fingerprint density at radius 1 is 1.35 bits per heavy atom. The average molecular weight is 262 g/mol. The van der Waals surface area contributed by atoms with Crippen molar-refractivity contribution in [1.29, 1.82) is 0 Å². The number of hydrogen-bond donors (Lipinski definition) is 2. The van der Waals surface area contributed by atoms with Gasteiger partial charge in [-0.25, -0.2) is 8.42 Å². The van der Waals surface area contributed by atoms with Crippen LogP contribution in [0, 0.1) is 5.92 Å². The molecule has 2 unspecified atom stereocenters. The predicted octanol–water partition coefficient (Wildman–Crippen LogP) is 0.0548. The van der Waals surface area contributed by atoms with Crippen LogP contribution < -0.4 is 11.1 Å². The van der Waals surface area contributed by atoms with Crippen LogP contribution in [0.1, 0.15) is 32.1 Å². The van der Waals surface area contributed by atoms with Gasteiger partial charge in [0.25, 0.3) is 0 Å². The lowest BCUT2D eigenvalue weighted by Crippen LogP contribution is -2.45. The Morgan fingerprint density at radius 3 is 2.59 bits per heavy atom. The molecule has 0 aliphatic heterocycles. The Labute approximate surface area is 103 Å². The van der Waals surface area contributed by atoms with Crippen molar-refractivity contribution in [2.24, 2.45) is 11.7 Å². The minimum atomic E-state index is -3.06. The highest BCUT2D eigenvalue weighted by atomic mass is 32.2. The summed E-state index contributed by atoms with van der Waals surface area (Å²) in [6.45, 7) is 0.580. The van der Waals surface area contributed by atoms with Crippen LogP contribution in [0.5, 0.6) is 0 Å². The van der Waals surface area contributed by atoms with Crippen molar-refractivity contribution in [3.63, 3.8) is 0 Å². The quantitative estimate of drug-likeness (QED) is 0.733. The van der Waals surface area contributed by atoms with Gasteiger partial charge in [0.15, 0.2) is 0 Å². The highest BCUT2D eigenvalue weighted by Crippen LogP contribution is 2.23. The van der Waals surface area contributed by atoms with E-state index in [0.29, 0.717) is 12.5 Å². The normalized spacial score (nSPS) is 25.5. The Bertz CT molecular complexity index is 354. The molecule has 0 aromatic carbocycles. The molecular formula is C11H22N2O3S. The number of carbonyl (C=O) groups excluding carboxylic acids is 1. The number of sulfone groups is 1. The standard InChI is InChI=1S/C11H22N2O3S/c1-17(15,16)7-6-11(14)13-10-5-3-2-4-9(10)8-12/h9-10H,2-8,12H2,1H3,(H,13,14). The monoisotopic (exact) mass is 262 g/mol. The molecule has 100 valence electrons. The lowest BCUT2D eigenvalue weighted by atomic mass is 9.84. The fourth-order valence-electron chi connectivity index (χ4n) is 2.24. The van der Waals surface area contributed by atoms with Crippen molar-refractivity contribution in [1.82, 2.24) is 5.32 Å². The van der Waals surface area contributed by atoms with Crippen LogP contribution >= 0.6 is 0 Å². The lowest BCUT2D eigenvalue weighted by molar-refractivity contribution is -0.122. The molecule has 0 heterocycles. The second-order valence-corrected chi connectivity index (χ2v) is 7.09. The SMILES string of the molecule is CS(=O)(=O)CCC(=O)NC1CCCCC1CN. The maximum Gasteiger partial charge on any atom is 0.221 e. The molecule has 6 heteroatoms. The van der Waals surface area contributed by atoms with Crippen molar-refractivity contribution in [3.05, 3.63) is 0 Å². The van der Waals surface area contributed by atoms with Gasteiger partial charge in [0.05, 0.1) is 5.75 Å². The van der Waals surface area contributed by atoms with Crippen LogP contribution in [-0.2, 0) is 14.6 Å². The van der Waals surface area contributed by atoms with Gasteiger partial charge in [-0.3, -0.25) is 4.79 Å². The maximum absolute atomic E-state index is 11.6. The third-order valence-electron chi connectivity index (χ3n) is 3.26. The van der Waals surface area contributed by atoms with Crippen molar-refractivity contribution < 1.29 is 13.2 Å². The Morgan fingerprint density at radius 2 is 2.00 bits per heavy atom. The van der Waals surface area contributed by atoms with Gasteiger partial charge < -0.3 is 11.1 Å². The first-order valence-electron chi connectivity index (χ1n) is 6.09. The second-order valence-electron chi connectivity index (χ2n) is 4.83. The zero-order valence-corrected chi connectivity index (χ0v) is 11.1. The minimum Gasteiger partial charge on any atom is -0.353 e. The molecule has 3 N–H and O–H groups in total. The van der Waals surface area contributed by atoms with Crippen molar-refractivity contribution in [2.45, 2.75) is 38.1 Å². The summed E-state index contributed by atoms with van der Waals surface area (Å²) in [7, 11) is -3.06. The van der Waals surface area contributed by atoms with Gasteiger partial charge in [-0.2, -0.15) is 0 Å². The van der Waals surface area contributed by atoms with Gasteiger partial charge in [-0.15, -0.1) is 0 Å². The molecule has 1 fully saturated rings. The first kappa shape index (κ1) is 14.4. The minimum absolute atomic E-state index is 0.0482. The highest BCUT2D eigenvalue weighted by molar-refractivity contribution is 7.90. The van der Waals surface area contributed by atoms with E-state index in [1.165, 1.54) is 0 Å². The molecule has 1 rings (SSSR count). The van der Waals surface area contributed by atoms with E-state index in [1.54, 1.807) is 0 Å². The van der Waals surface area contributed by atoms with Crippen molar-refractivity contribution in [2.75, 3.05) is 18.6 Å².